The van der Waals surface area contributed by atoms with Gasteiger partial charge < -0.3 is 45.0 Å². The van der Waals surface area contributed by atoms with Gasteiger partial charge in [-0.05, 0) is 77.0 Å². The fraction of sp³-hybridized carbons (Fsp3) is 0.647. The molecule has 4 unspecified atom stereocenters. The van der Waals surface area contributed by atoms with E-state index in [1.165, 1.54) is 19.3 Å². The molecule has 0 aromatic carbocycles. The summed E-state index contributed by atoms with van der Waals surface area (Å²) >= 11 is 0. The van der Waals surface area contributed by atoms with Gasteiger partial charge in [-0.15, -0.1) is 0 Å². The Morgan fingerprint density at radius 2 is 1.08 bits per heavy atom. The largest absolute Gasteiger partial charge is 0.472 e. The van der Waals surface area contributed by atoms with Crippen molar-refractivity contribution in [3.05, 3.63) is 97.2 Å². The molecule has 1 aliphatic rings. The zero-order valence-corrected chi connectivity index (χ0v) is 40.4. The summed E-state index contributed by atoms with van der Waals surface area (Å²) in [6, 6.07) is 0. The number of ether oxygens (including phenoxy) is 2. The lowest BCUT2D eigenvalue weighted by atomic mass is 9.85. The number of carbonyl (C=O) groups is 2. The summed E-state index contributed by atoms with van der Waals surface area (Å²) in [6.07, 6.45) is 36.2. The first-order valence-corrected chi connectivity index (χ1v) is 25.6. The third kappa shape index (κ3) is 31.7. The summed E-state index contributed by atoms with van der Waals surface area (Å²) < 4.78 is 33.4. The van der Waals surface area contributed by atoms with Crippen LogP contribution >= 0.6 is 7.82 Å². The Morgan fingerprint density at radius 1 is 0.561 bits per heavy atom. The van der Waals surface area contributed by atoms with E-state index in [9.17, 15) is 49.7 Å². The van der Waals surface area contributed by atoms with Crippen LogP contribution in [0.3, 0.4) is 0 Å². The number of carbonyl (C=O) groups excluding carboxylic acids is 2. The summed E-state index contributed by atoms with van der Waals surface area (Å²) in [5.41, 5.74) is 0. The van der Waals surface area contributed by atoms with E-state index in [2.05, 4.69) is 74.6 Å². The standard InChI is InChI=1S/C51H83O14P/c1-3-5-7-9-11-13-15-17-18-19-20-22-24-26-28-30-34-38-44(53)62-40-43(41-63-66(60,61)65-51-49(58)47(56)46(55)48(57)50(51)59)64-45(54)39-35-31-33-37-42(52)36-32-29-27-25-23-21-16-14-12-10-8-6-4-2/h6,8,11-14,17-18,21,23,27,29,31-33,36,42-43,46-52,55-59H,3-5,7,9-10,15-16,19-20,22,24-26,28,30,34-35,37-41H2,1-2H3,(H,60,61)/b8-6-,13-11-,14-12-,18-17-,23-21-,29-27-,33-31-,36-32-/t42?,43-,46?,47-,48+,49-,50-,51?/m1/s1. The van der Waals surface area contributed by atoms with E-state index in [4.69, 9.17) is 18.5 Å². The number of phosphoric acid groups is 1. The molecule has 0 aromatic heterocycles. The van der Waals surface area contributed by atoms with Crippen molar-refractivity contribution >= 4 is 19.8 Å². The van der Waals surface area contributed by atoms with Crippen molar-refractivity contribution in [2.45, 2.75) is 198 Å². The number of aliphatic hydroxyl groups excluding tert-OH is 6. The van der Waals surface area contributed by atoms with Crippen molar-refractivity contribution in [3.63, 3.8) is 0 Å². The maximum Gasteiger partial charge on any atom is 0.472 e. The average Bonchev–Trinajstić information content (AvgIpc) is 3.29. The second-order valence-corrected chi connectivity index (χ2v) is 17.8. The molecule has 0 aromatic rings. The van der Waals surface area contributed by atoms with Gasteiger partial charge in [-0.25, -0.2) is 4.57 Å². The number of phosphoric ester groups is 1. The Balaban J connectivity index is 2.55. The molecule has 15 heteroatoms. The maximum atomic E-state index is 12.8. The smallest absolute Gasteiger partial charge is 0.462 e. The molecule has 0 bridgehead atoms. The van der Waals surface area contributed by atoms with Crippen molar-refractivity contribution < 1.29 is 68.2 Å². The van der Waals surface area contributed by atoms with Crippen molar-refractivity contribution in [2.24, 2.45) is 0 Å². The quantitative estimate of drug-likeness (QED) is 0.0101. The molecule has 0 spiro atoms. The lowest BCUT2D eigenvalue weighted by molar-refractivity contribution is -0.220. The van der Waals surface area contributed by atoms with Crippen LogP contribution in [-0.4, -0.2) is 110 Å². The molecule has 376 valence electrons. The highest BCUT2D eigenvalue weighted by Crippen LogP contribution is 2.47. The zero-order valence-electron chi connectivity index (χ0n) is 39.6. The van der Waals surface area contributed by atoms with Gasteiger partial charge in [0.2, 0.25) is 0 Å². The normalized spacial score (nSPS) is 22.6. The molecule has 1 rings (SSSR count). The number of allylic oxidation sites excluding steroid dienone is 14. The van der Waals surface area contributed by atoms with Crippen molar-refractivity contribution in [3.8, 4) is 0 Å². The molecule has 1 aliphatic carbocycles. The van der Waals surface area contributed by atoms with Crippen LogP contribution in [0.1, 0.15) is 149 Å². The third-order valence-electron chi connectivity index (χ3n) is 10.5. The van der Waals surface area contributed by atoms with Gasteiger partial charge in [-0.1, -0.05) is 156 Å². The Morgan fingerprint density at radius 3 is 1.68 bits per heavy atom. The number of hydrogen-bond donors (Lipinski definition) is 7. The molecular weight excluding hydrogens is 868 g/mol. The van der Waals surface area contributed by atoms with E-state index in [1.807, 2.05) is 12.2 Å². The summed E-state index contributed by atoms with van der Waals surface area (Å²) in [5, 5.41) is 60.5. The lowest BCUT2D eigenvalue weighted by Crippen LogP contribution is -2.64. The van der Waals surface area contributed by atoms with Crippen LogP contribution in [0.15, 0.2) is 97.2 Å². The van der Waals surface area contributed by atoms with E-state index in [0.717, 1.165) is 83.5 Å². The van der Waals surface area contributed by atoms with E-state index < -0.39 is 81.8 Å². The average molecular weight is 951 g/mol. The van der Waals surface area contributed by atoms with Crippen LogP contribution in [0.25, 0.3) is 0 Å². The van der Waals surface area contributed by atoms with Crippen molar-refractivity contribution in [1.82, 2.24) is 0 Å². The van der Waals surface area contributed by atoms with E-state index >= 15 is 0 Å². The van der Waals surface area contributed by atoms with Gasteiger partial charge >= 0.3 is 19.8 Å². The van der Waals surface area contributed by atoms with Crippen molar-refractivity contribution in [1.29, 1.82) is 0 Å². The molecule has 14 nitrogen and oxygen atoms in total. The Bertz CT molecular complexity index is 1540. The van der Waals surface area contributed by atoms with Gasteiger partial charge in [-0.3, -0.25) is 18.6 Å². The number of rotatable bonds is 38. The van der Waals surface area contributed by atoms with Gasteiger partial charge in [0.1, 0.15) is 43.2 Å². The Hall–Kier alpha value is -3.27. The van der Waals surface area contributed by atoms with Crippen LogP contribution < -0.4 is 0 Å². The number of hydrogen-bond acceptors (Lipinski definition) is 13. The summed E-state index contributed by atoms with van der Waals surface area (Å²) in [6.45, 7) is 3.00. The van der Waals surface area contributed by atoms with E-state index in [1.54, 1.807) is 24.3 Å². The molecule has 0 radical (unpaired) electrons. The molecule has 0 amide bonds. The fourth-order valence-corrected chi connectivity index (χ4v) is 7.58. The number of unbranched alkanes of at least 4 members (excludes halogenated alkanes) is 10. The molecule has 9 atom stereocenters. The van der Waals surface area contributed by atoms with Crippen LogP contribution in [0, 0.1) is 0 Å². The van der Waals surface area contributed by atoms with Gasteiger partial charge in [0.25, 0.3) is 0 Å². The first kappa shape index (κ1) is 60.7. The molecule has 0 saturated heterocycles. The monoisotopic (exact) mass is 951 g/mol. The van der Waals surface area contributed by atoms with Gasteiger partial charge in [0.05, 0.1) is 12.7 Å². The number of esters is 2. The van der Waals surface area contributed by atoms with E-state index in [-0.39, 0.29) is 19.3 Å². The molecule has 0 heterocycles. The molecule has 1 saturated carbocycles. The minimum absolute atomic E-state index is 0.115. The van der Waals surface area contributed by atoms with Crippen LogP contribution in [0.5, 0.6) is 0 Å². The minimum atomic E-state index is -5.18. The summed E-state index contributed by atoms with van der Waals surface area (Å²) in [5.74, 6) is -1.30. The second kappa shape index (κ2) is 39.7. The molecule has 66 heavy (non-hydrogen) atoms. The molecule has 0 aliphatic heterocycles. The highest BCUT2D eigenvalue weighted by molar-refractivity contribution is 7.47. The SMILES string of the molecule is CC/C=C\C/C=C\C/C=C\C/C=C\C=C/C(O)C/C=C\CCC(=O)O[C@H](COC(=O)CCCCCCCCC/C=C\C/C=C\CCCCC)COP(=O)(O)OC1[C@H](O)[C@H](O)C(O)[C@H](O)[C@H]1O. The van der Waals surface area contributed by atoms with E-state index in [0.29, 0.717) is 12.8 Å². The van der Waals surface area contributed by atoms with Gasteiger partial charge in [0, 0.05) is 12.8 Å². The molecule has 1 fully saturated rings. The van der Waals surface area contributed by atoms with Gasteiger partial charge in [0.15, 0.2) is 6.10 Å². The third-order valence-corrected chi connectivity index (χ3v) is 11.5. The van der Waals surface area contributed by atoms with Crippen LogP contribution in [0.4, 0.5) is 0 Å². The first-order valence-electron chi connectivity index (χ1n) is 24.1. The predicted octanol–water partition coefficient (Wildman–Crippen LogP) is 8.80. The fourth-order valence-electron chi connectivity index (χ4n) is 6.60. The topological polar surface area (TPSA) is 230 Å². The maximum absolute atomic E-state index is 12.8. The number of aliphatic hydroxyl groups is 6. The van der Waals surface area contributed by atoms with Crippen LogP contribution in [0.2, 0.25) is 0 Å². The summed E-state index contributed by atoms with van der Waals surface area (Å²) in [4.78, 5) is 35.8. The molecular formula is C51H83O14P. The predicted molar refractivity (Wildman–Crippen MR) is 259 cm³/mol. The highest BCUT2D eigenvalue weighted by Gasteiger charge is 2.51. The van der Waals surface area contributed by atoms with Crippen LogP contribution in [-0.2, 0) is 32.7 Å². The summed E-state index contributed by atoms with van der Waals surface area (Å²) in [7, 11) is -5.18. The Labute approximate surface area is 394 Å². The zero-order chi connectivity index (χ0) is 48.7. The van der Waals surface area contributed by atoms with Gasteiger partial charge in [-0.2, -0.15) is 0 Å². The van der Waals surface area contributed by atoms with Crippen molar-refractivity contribution in [2.75, 3.05) is 13.2 Å². The molecule has 7 N–H and O–H groups in total. The minimum Gasteiger partial charge on any atom is -0.462 e. The lowest BCUT2D eigenvalue weighted by Gasteiger charge is -2.41. The Kier molecular flexibility index (Phi) is 36.5. The first-order chi connectivity index (χ1) is 31.8. The highest BCUT2D eigenvalue weighted by atomic mass is 31.2. The second-order valence-electron chi connectivity index (χ2n) is 16.4.